The first-order valence-electron chi connectivity index (χ1n) is 7.42. The number of hydrogen-bond acceptors (Lipinski definition) is 3. The van der Waals surface area contributed by atoms with Crippen LogP contribution in [-0.2, 0) is 6.54 Å². The molecule has 1 aromatic heterocycles. The van der Waals surface area contributed by atoms with Gasteiger partial charge in [0.25, 0.3) is 0 Å². The maximum Gasteiger partial charge on any atom is 0.135 e. The summed E-state index contributed by atoms with van der Waals surface area (Å²) in [6.07, 6.45) is 10.3. The first-order chi connectivity index (χ1) is 10.4. The van der Waals surface area contributed by atoms with Crippen molar-refractivity contribution in [1.29, 1.82) is 0 Å². The van der Waals surface area contributed by atoms with Gasteiger partial charge in [-0.05, 0) is 31.9 Å². The Balaban J connectivity index is 1.80. The Kier molecular flexibility index (Phi) is 4.31. The molecule has 3 heteroatoms. The molecule has 1 heterocycles. The van der Waals surface area contributed by atoms with E-state index in [4.69, 9.17) is 4.74 Å². The van der Waals surface area contributed by atoms with Gasteiger partial charge in [-0.3, -0.25) is 4.98 Å². The molecule has 0 bridgehead atoms. The number of benzene rings is 1. The van der Waals surface area contributed by atoms with Crippen LogP contribution in [0, 0.1) is 0 Å². The van der Waals surface area contributed by atoms with Gasteiger partial charge in [0, 0.05) is 36.1 Å². The van der Waals surface area contributed by atoms with Gasteiger partial charge in [-0.1, -0.05) is 30.4 Å². The Morgan fingerprint density at radius 3 is 2.90 bits per heavy atom. The van der Waals surface area contributed by atoms with E-state index in [1.165, 1.54) is 12.8 Å². The minimum absolute atomic E-state index is 0.674. The normalized spacial score (nSPS) is 14.5. The van der Waals surface area contributed by atoms with Crippen LogP contribution in [0.25, 0.3) is 6.08 Å². The average molecular weight is 280 g/mol. The molecule has 0 spiro atoms. The molecule has 0 aliphatic heterocycles. The predicted molar refractivity (Wildman–Crippen MR) is 85.3 cm³/mol. The van der Waals surface area contributed by atoms with E-state index in [0.29, 0.717) is 6.04 Å². The number of aromatic nitrogens is 1. The molecule has 0 atom stereocenters. The summed E-state index contributed by atoms with van der Waals surface area (Å²) in [7, 11) is 0. The third-order valence-electron chi connectivity index (χ3n) is 3.50. The lowest BCUT2D eigenvalue weighted by Crippen LogP contribution is -2.15. The zero-order valence-corrected chi connectivity index (χ0v) is 12.3. The van der Waals surface area contributed by atoms with E-state index >= 15 is 0 Å². The summed E-state index contributed by atoms with van der Waals surface area (Å²) < 4.78 is 6.11. The lowest BCUT2D eigenvalue weighted by molar-refractivity contribution is 0.470. The summed E-state index contributed by atoms with van der Waals surface area (Å²) in [5.41, 5.74) is 2.18. The number of hydrogen-bond donors (Lipinski definition) is 1. The van der Waals surface area contributed by atoms with Crippen LogP contribution >= 0.6 is 0 Å². The Hall–Kier alpha value is -2.13. The summed E-state index contributed by atoms with van der Waals surface area (Å²) in [5.74, 6) is 1.74. The van der Waals surface area contributed by atoms with Gasteiger partial charge in [0.15, 0.2) is 0 Å². The zero-order valence-electron chi connectivity index (χ0n) is 12.3. The van der Waals surface area contributed by atoms with E-state index in [1.54, 1.807) is 6.20 Å². The first-order valence-corrected chi connectivity index (χ1v) is 7.42. The molecular weight excluding hydrogens is 260 g/mol. The molecule has 1 fully saturated rings. The van der Waals surface area contributed by atoms with Crippen molar-refractivity contribution in [3.05, 3.63) is 59.9 Å². The van der Waals surface area contributed by atoms with Gasteiger partial charge in [0.2, 0.25) is 0 Å². The lowest BCUT2D eigenvalue weighted by atomic mass is 10.2. The Morgan fingerprint density at radius 2 is 2.10 bits per heavy atom. The molecule has 1 N–H and O–H groups in total. The Bertz CT molecular complexity index is 633. The highest BCUT2D eigenvalue weighted by Crippen LogP contribution is 2.29. The number of nitrogens with one attached hydrogen (secondary N) is 1. The molecule has 2 aromatic rings. The van der Waals surface area contributed by atoms with Crippen molar-refractivity contribution in [3.8, 4) is 11.5 Å². The number of rotatable bonds is 6. The molecule has 1 aliphatic carbocycles. The molecule has 0 radical (unpaired) electrons. The largest absolute Gasteiger partial charge is 0.456 e. The van der Waals surface area contributed by atoms with Crippen molar-refractivity contribution in [2.75, 3.05) is 0 Å². The van der Waals surface area contributed by atoms with Crippen LogP contribution in [0.1, 0.15) is 30.9 Å². The van der Waals surface area contributed by atoms with E-state index in [2.05, 4.69) is 22.4 Å². The second-order valence-electron chi connectivity index (χ2n) is 5.28. The molecule has 1 aliphatic rings. The van der Waals surface area contributed by atoms with Gasteiger partial charge in [-0.15, -0.1) is 0 Å². The molecule has 3 rings (SSSR count). The summed E-state index contributed by atoms with van der Waals surface area (Å²) in [5, 5.41) is 3.50. The van der Waals surface area contributed by atoms with Crippen molar-refractivity contribution in [2.45, 2.75) is 32.4 Å². The molecule has 3 nitrogen and oxygen atoms in total. The summed E-state index contributed by atoms with van der Waals surface area (Å²) in [4.78, 5) is 4.21. The number of para-hydroxylation sites is 1. The van der Waals surface area contributed by atoms with Crippen LogP contribution in [-0.4, -0.2) is 11.0 Å². The summed E-state index contributed by atoms with van der Waals surface area (Å²) in [6.45, 7) is 2.81. The smallest absolute Gasteiger partial charge is 0.135 e. The fourth-order valence-electron chi connectivity index (χ4n) is 2.20. The van der Waals surface area contributed by atoms with Gasteiger partial charge >= 0.3 is 0 Å². The molecule has 108 valence electrons. The topological polar surface area (TPSA) is 34.1 Å². The Labute approximate surface area is 125 Å². The third-order valence-corrected chi connectivity index (χ3v) is 3.50. The third kappa shape index (κ3) is 3.70. The van der Waals surface area contributed by atoms with Gasteiger partial charge in [-0.2, -0.15) is 0 Å². The van der Waals surface area contributed by atoms with Gasteiger partial charge in [0.1, 0.15) is 11.5 Å². The van der Waals surface area contributed by atoms with E-state index in [9.17, 15) is 0 Å². The van der Waals surface area contributed by atoms with Crippen LogP contribution in [0.5, 0.6) is 11.5 Å². The summed E-state index contributed by atoms with van der Waals surface area (Å²) >= 11 is 0. The summed E-state index contributed by atoms with van der Waals surface area (Å²) in [6, 6.07) is 10.7. The van der Waals surface area contributed by atoms with Crippen molar-refractivity contribution >= 4 is 6.08 Å². The van der Waals surface area contributed by atoms with Gasteiger partial charge in [0.05, 0.1) is 0 Å². The maximum atomic E-state index is 6.11. The SMILES string of the molecule is C/C=C/c1ccccc1Oc1ccncc1CNC1CC1. The van der Waals surface area contributed by atoms with E-state index < -0.39 is 0 Å². The van der Waals surface area contributed by atoms with Gasteiger partial charge in [-0.25, -0.2) is 0 Å². The molecule has 0 unspecified atom stereocenters. The van der Waals surface area contributed by atoms with Crippen LogP contribution in [0.3, 0.4) is 0 Å². The number of pyridine rings is 1. The van der Waals surface area contributed by atoms with Crippen molar-refractivity contribution in [1.82, 2.24) is 10.3 Å². The van der Waals surface area contributed by atoms with E-state index in [-0.39, 0.29) is 0 Å². The van der Waals surface area contributed by atoms with Crippen LogP contribution in [0.15, 0.2) is 48.8 Å². The molecule has 0 amide bonds. The fourth-order valence-corrected chi connectivity index (χ4v) is 2.20. The molecule has 0 saturated heterocycles. The maximum absolute atomic E-state index is 6.11. The standard InChI is InChI=1S/C18H20N2O/c1-2-5-14-6-3-4-7-17(14)21-18-10-11-19-12-15(18)13-20-16-8-9-16/h2-7,10-12,16,20H,8-9,13H2,1H3/b5-2+. The number of ether oxygens (including phenoxy) is 1. The molecule has 21 heavy (non-hydrogen) atoms. The second kappa shape index (κ2) is 6.55. The van der Waals surface area contributed by atoms with Gasteiger partial charge < -0.3 is 10.1 Å². The minimum atomic E-state index is 0.674. The zero-order chi connectivity index (χ0) is 14.5. The van der Waals surface area contributed by atoms with E-state index in [0.717, 1.165) is 29.2 Å². The number of nitrogens with zero attached hydrogens (tertiary/aromatic N) is 1. The van der Waals surface area contributed by atoms with Crippen LogP contribution < -0.4 is 10.1 Å². The van der Waals surface area contributed by atoms with Crippen molar-refractivity contribution in [2.24, 2.45) is 0 Å². The number of allylic oxidation sites excluding steroid dienone is 1. The predicted octanol–water partition coefficient (Wildman–Crippen LogP) is 4.16. The van der Waals surface area contributed by atoms with Crippen LogP contribution in [0.4, 0.5) is 0 Å². The quantitative estimate of drug-likeness (QED) is 0.862. The highest BCUT2D eigenvalue weighted by Gasteiger charge is 2.20. The highest BCUT2D eigenvalue weighted by molar-refractivity contribution is 5.58. The minimum Gasteiger partial charge on any atom is -0.456 e. The Morgan fingerprint density at radius 1 is 1.24 bits per heavy atom. The van der Waals surface area contributed by atoms with Crippen molar-refractivity contribution < 1.29 is 4.74 Å². The molecular formula is C18H20N2O. The molecule has 1 saturated carbocycles. The first kappa shape index (κ1) is 13.8. The van der Waals surface area contributed by atoms with E-state index in [1.807, 2.05) is 43.5 Å². The average Bonchev–Trinajstić information content (AvgIpc) is 3.33. The van der Waals surface area contributed by atoms with Crippen LogP contribution in [0.2, 0.25) is 0 Å². The lowest BCUT2D eigenvalue weighted by Gasteiger charge is -2.13. The fraction of sp³-hybridized carbons (Fsp3) is 0.278. The monoisotopic (exact) mass is 280 g/mol. The van der Waals surface area contributed by atoms with Crippen molar-refractivity contribution in [3.63, 3.8) is 0 Å². The molecule has 1 aromatic carbocycles. The highest BCUT2D eigenvalue weighted by atomic mass is 16.5. The second-order valence-corrected chi connectivity index (χ2v) is 5.28.